The minimum atomic E-state index is -0.301. The number of fused-ring (bicyclic) bond motifs is 1. The highest BCUT2D eigenvalue weighted by Crippen LogP contribution is 2.39. The maximum Gasteiger partial charge on any atom is 0.342 e. The van der Waals surface area contributed by atoms with Crippen molar-refractivity contribution in [3.05, 3.63) is 36.3 Å². The Kier molecular flexibility index (Phi) is 4.45. The molecule has 2 aliphatic heterocycles. The van der Waals surface area contributed by atoms with E-state index in [1.54, 1.807) is 6.20 Å². The minimum Gasteiger partial charge on any atom is -0.454 e. The highest BCUT2D eigenvalue weighted by Gasteiger charge is 2.31. The van der Waals surface area contributed by atoms with Crippen molar-refractivity contribution >= 4 is 22.5 Å². The van der Waals surface area contributed by atoms with Gasteiger partial charge in [-0.15, -0.1) is 0 Å². The summed E-state index contributed by atoms with van der Waals surface area (Å²) >= 11 is 1.38. The van der Waals surface area contributed by atoms with Crippen molar-refractivity contribution in [2.45, 2.75) is 0 Å². The van der Waals surface area contributed by atoms with Crippen molar-refractivity contribution in [3.8, 4) is 21.9 Å². The number of hydrazine groups is 1. The fourth-order valence-corrected chi connectivity index (χ4v) is 3.53. The highest BCUT2D eigenvalue weighted by atomic mass is 32.1. The first-order valence-corrected chi connectivity index (χ1v) is 8.68. The number of nitrogens with two attached hydrogens (primary N) is 1. The van der Waals surface area contributed by atoms with Gasteiger partial charge in [0.1, 0.15) is 0 Å². The van der Waals surface area contributed by atoms with Crippen molar-refractivity contribution in [2.75, 3.05) is 31.5 Å². The fraction of sp³-hybridized carbons (Fsp3) is 0.250. The van der Waals surface area contributed by atoms with Gasteiger partial charge in [-0.2, -0.15) is 0 Å². The predicted molar refractivity (Wildman–Crippen MR) is 94.5 cm³/mol. The number of urea groups is 1. The number of nitrogens with zero attached hydrogens (tertiary/aromatic N) is 3. The lowest BCUT2D eigenvalue weighted by atomic mass is 10.2. The van der Waals surface area contributed by atoms with E-state index in [4.69, 9.17) is 15.2 Å². The van der Waals surface area contributed by atoms with Crippen molar-refractivity contribution in [3.63, 3.8) is 0 Å². The highest BCUT2D eigenvalue weighted by molar-refractivity contribution is 7.19. The zero-order valence-electron chi connectivity index (χ0n) is 13.6. The van der Waals surface area contributed by atoms with Gasteiger partial charge in [0.15, 0.2) is 16.6 Å². The quantitative estimate of drug-likeness (QED) is 0.829. The van der Waals surface area contributed by atoms with E-state index in [-0.39, 0.29) is 32.6 Å². The summed E-state index contributed by atoms with van der Waals surface area (Å²) in [5.41, 5.74) is 9.61. The second-order valence-corrected chi connectivity index (χ2v) is 6.67. The van der Waals surface area contributed by atoms with Gasteiger partial charge in [0, 0.05) is 12.7 Å². The van der Waals surface area contributed by atoms with Gasteiger partial charge in [-0.25, -0.2) is 19.6 Å². The van der Waals surface area contributed by atoms with E-state index in [1.807, 2.05) is 18.2 Å². The molecule has 10 heteroatoms. The number of carbonyl (C=O) groups excluding carboxylic acids is 1. The van der Waals surface area contributed by atoms with Gasteiger partial charge in [-0.3, -0.25) is 9.91 Å². The van der Waals surface area contributed by atoms with Gasteiger partial charge in [0.2, 0.25) is 6.79 Å². The SMILES string of the molecule is NC/C(=C/F)CN1NCN(c2ncc(-c3ccc4c(c3)OCO4)s2)C1=O. The van der Waals surface area contributed by atoms with Gasteiger partial charge in [0.25, 0.3) is 0 Å². The molecule has 1 aromatic heterocycles. The zero-order valence-corrected chi connectivity index (χ0v) is 14.5. The molecule has 0 aliphatic carbocycles. The molecule has 1 fully saturated rings. The molecule has 136 valence electrons. The Hall–Kier alpha value is -2.69. The van der Waals surface area contributed by atoms with Crippen LogP contribution in [0.15, 0.2) is 36.3 Å². The van der Waals surface area contributed by atoms with Crippen molar-refractivity contribution in [1.82, 2.24) is 15.4 Å². The molecule has 0 atom stereocenters. The molecule has 2 aliphatic rings. The standard InChI is InChI=1S/C16H16FN5O3S/c17-4-10(5-18)7-22-16(23)21(8-20-22)15-19-6-14(26-15)11-1-2-12-13(3-11)25-9-24-12/h1-4,6,20H,5,7-9,18H2/b10-4-. The Labute approximate surface area is 152 Å². The lowest BCUT2D eigenvalue weighted by Gasteiger charge is -2.16. The van der Waals surface area contributed by atoms with Crippen LogP contribution in [0.2, 0.25) is 0 Å². The zero-order chi connectivity index (χ0) is 18.1. The van der Waals surface area contributed by atoms with Crippen molar-refractivity contribution in [2.24, 2.45) is 5.73 Å². The number of aromatic nitrogens is 1. The normalized spacial score (nSPS) is 16.7. The lowest BCUT2D eigenvalue weighted by molar-refractivity contribution is 0.174. The first-order valence-electron chi connectivity index (χ1n) is 7.86. The number of hydrogen-bond donors (Lipinski definition) is 2. The number of anilines is 1. The smallest absolute Gasteiger partial charge is 0.342 e. The van der Waals surface area contributed by atoms with Gasteiger partial charge in [0.05, 0.1) is 24.4 Å². The summed E-state index contributed by atoms with van der Waals surface area (Å²) in [6.07, 6.45) is 2.14. The molecule has 8 nitrogen and oxygen atoms in total. The Morgan fingerprint density at radius 1 is 1.42 bits per heavy atom. The molecule has 3 N–H and O–H groups in total. The summed E-state index contributed by atoms with van der Waals surface area (Å²) in [5.74, 6) is 1.40. The molecule has 1 saturated heterocycles. The summed E-state index contributed by atoms with van der Waals surface area (Å²) in [7, 11) is 0. The Morgan fingerprint density at radius 3 is 3.08 bits per heavy atom. The minimum absolute atomic E-state index is 0.0491. The number of benzene rings is 1. The first kappa shape index (κ1) is 16.8. The van der Waals surface area contributed by atoms with Crippen molar-refractivity contribution in [1.29, 1.82) is 0 Å². The van der Waals surface area contributed by atoms with Crippen LogP contribution >= 0.6 is 11.3 Å². The number of hydrogen-bond acceptors (Lipinski definition) is 7. The number of carbonyl (C=O) groups is 1. The summed E-state index contributed by atoms with van der Waals surface area (Å²) in [4.78, 5) is 19.2. The third-order valence-corrected chi connectivity index (χ3v) is 5.11. The van der Waals surface area contributed by atoms with E-state index in [0.29, 0.717) is 28.5 Å². The lowest BCUT2D eigenvalue weighted by Crippen LogP contribution is -2.37. The first-order chi connectivity index (χ1) is 12.7. The maximum absolute atomic E-state index is 12.7. The monoisotopic (exact) mass is 377 g/mol. The summed E-state index contributed by atoms with van der Waals surface area (Å²) in [6.45, 7) is 0.613. The van der Waals surface area contributed by atoms with Gasteiger partial charge < -0.3 is 15.2 Å². The van der Waals surface area contributed by atoms with Gasteiger partial charge in [-0.05, 0) is 29.3 Å². The summed E-state index contributed by atoms with van der Waals surface area (Å²) in [5, 5.41) is 1.87. The molecule has 2 amide bonds. The Balaban J connectivity index is 1.51. The van der Waals surface area contributed by atoms with Crippen LogP contribution in [0.5, 0.6) is 11.5 Å². The maximum atomic E-state index is 12.7. The molecule has 0 radical (unpaired) electrons. The molecule has 0 saturated carbocycles. The van der Waals surface area contributed by atoms with Gasteiger partial charge in [-0.1, -0.05) is 11.3 Å². The van der Waals surface area contributed by atoms with Crippen LogP contribution in [0.4, 0.5) is 14.3 Å². The molecule has 2 aromatic rings. The third-order valence-electron chi connectivity index (χ3n) is 4.04. The number of thiazole rings is 1. The molecular formula is C16H16FN5O3S. The summed E-state index contributed by atoms with van der Waals surface area (Å²) in [6, 6.07) is 5.35. The molecule has 0 bridgehead atoms. The number of amides is 2. The predicted octanol–water partition coefficient (Wildman–Crippen LogP) is 2.06. The number of rotatable bonds is 5. The molecule has 4 rings (SSSR count). The number of nitrogens with one attached hydrogen (secondary N) is 1. The molecule has 0 unspecified atom stereocenters. The van der Waals surface area contributed by atoms with Crippen LogP contribution in [0, 0.1) is 0 Å². The molecule has 1 aromatic carbocycles. The van der Waals surface area contributed by atoms with Gasteiger partial charge >= 0.3 is 6.03 Å². The van der Waals surface area contributed by atoms with E-state index >= 15 is 0 Å². The fourth-order valence-electron chi connectivity index (χ4n) is 2.63. The molecule has 3 heterocycles. The van der Waals surface area contributed by atoms with Crippen LogP contribution in [0.25, 0.3) is 10.4 Å². The van der Waals surface area contributed by atoms with Crippen LogP contribution in [0.1, 0.15) is 0 Å². The molecular weight excluding hydrogens is 361 g/mol. The van der Waals surface area contributed by atoms with Crippen LogP contribution in [-0.2, 0) is 0 Å². The van der Waals surface area contributed by atoms with E-state index < -0.39 is 0 Å². The second-order valence-electron chi connectivity index (χ2n) is 5.66. The van der Waals surface area contributed by atoms with Crippen LogP contribution in [0.3, 0.4) is 0 Å². The molecule has 26 heavy (non-hydrogen) atoms. The third kappa shape index (κ3) is 2.98. The molecule has 0 spiro atoms. The van der Waals surface area contributed by atoms with E-state index in [0.717, 1.165) is 10.4 Å². The Bertz CT molecular complexity index is 871. The average Bonchev–Trinajstić information content (AvgIpc) is 3.39. The largest absolute Gasteiger partial charge is 0.454 e. The van der Waals surface area contributed by atoms with E-state index in [2.05, 4.69) is 10.4 Å². The average molecular weight is 377 g/mol. The van der Waals surface area contributed by atoms with E-state index in [1.165, 1.54) is 21.2 Å². The summed E-state index contributed by atoms with van der Waals surface area (Å²) < 4.78 is 23.4. The van der Waals surface area contributed by atoms with E-state index in [9.17, 15) is 9.18 Å². The Morgan fingerprint density at radius 2 is 2.27 bits per heavy atom. The second kappa shape index (κ2) is 6.90. The number of halogens is 1. The van der Waals surface area contributed by atoms with Crippen molar-refractivity contribution < 1.29 is 18.7 Å². The van der Waals surface area contributed by atoms with Crippen LogP contribution in [-0.4, -0.2) is 42.6 Å². The van der Waals surface area contributed by atoms with Crippen LogP contribution < -0.4 is 25.5 Å². The topological polar surface area (TPSA) is 93.0 Å². The number of ether oxygens (including phenoxy) is 2.